The highest BCUT2D eigenvalue weighted by atomic mass is 19.1. The lowest BCUT2D eigenvalue weighted by atomic mass is 10.1. The van der Waals surface area contributed by atoms with E-state index < -0.39 is 5.82 Å². The quantitative estimate of drug-likeness (QED) is 0.196. The summed E-state index contributed by atoms with van der Waals surface area (Å²) in [5, 5.41) is 8.86. The number of likely N-dealkylation sites (N-methyl/N-ethyl adjacent to an activating group) is 1. The number of amides is 2. The molecule has 0 radical (unpaired) electrons. The monoisotopic (exact) mass is 578 g/mol. The lowest BCUT2D eigenvalue weighted by Gasteiger charge is -2.17. The van der Waals surface area contributed by atoms with Crippen LogP contribution in [0.5, 0.6) is 5.75 Å². The maximum Gasteiger partial charge on any atom is 0.255 e. The molecule has 1 aromatic heterocycles. The minimum atomic E-state index is -0.420. The third kappa shape index (κ3) is 8.11. The molecular weight excluding hydrogens is 547 g/mol. The van der Waals surface area contributed by atoms with Gasteiger partial charge in [0.25, 0.3) is 5.91 Å². The number of hydrogen-bond acceptors (Lipinski definition) is 7. The van der Waals surface area contributed by atoms with Crippen molar-refractivity contribution in [2.24, 2.45) is 0 Å². The molecule has 3 N–H and O–H groups in total. The summed E-state index contributed by atoms with van der Waals surface area (Å²) in [6.45, 7) is 5.16. The number of halogens is 1. The van der Waals surface area contributed by atoms with Crippen LogP contribution in [0.2, 0.25) is 0 Å². The van der Waals surface area contributed by atoms with Crippen LogP contribution < -0.4 is 20.7 Å². The second kappa shape index (κ2) is 13.5. The molecule has 0 saturated heterocycles. The molecule has 0 saturated carbocycles. The number of nitrogens with one attached hydrogen (secondary N) is 3. The van der Waals surface area contributed by atoms with Crippen LogP contribution in [-0.4, -0.2) is 46.9 Å². The lowest BCUT2D eigenvalue weighted by molar-refractivity contribution is -0.111. The molecule has 218 valence electrons. The Balaban J connectivity index is 1.44. The van der Waals surface area contributed by atoms with E-state index in [2.05, 4.69) is 43.5 Å². The molecule has 6 bridgehead atoms. The molecule has 4 aromatic rings. The Morgan fingerprint density at radius 3 is 2.67 bits per heavy atom. The largest absolute Gasteiger partial charge is 0.493 e. The summed E-state index contributed by atoms with van der Waals surface area (Å²) in [5.74, 6) is -0.316. The van der Waals surface area contributed by atoms with E-state index in [1.807, 2.05) is 25.3 Å². The van der Waals surface area contributed by atoms with Gasteiger partial charge in [0.15, 0.2) is 0 Å². The summed E-state index contributed by atoms with van der Waals surface area (Å²) >= 11 is 0. The van der Waals surface area contributed by atoms with Crippen molar-refractivity contribution in [2.45, 2.75) is 13.0 Å². The number of nitrogens with zero attached hydrogens (tertiary/aromatic N) is 3. The Hall–Kier alpha value is -5.35. The molecule has 0 fully saturated rings. The number of ether oxygens (including phenoxy) is 1. The molecule has 3 aromatic carbocycles. The summed E-state index contributed by atoms with van der Waals surface area (Å²) in [7, 11) is 2.01. The highest BCUT2D eigenvalue weighted by Gasteiger charge is 2.12. The van der Waals surface area contributed by atoms with Crippen LogP contribution in [0, 0.1) is 5.82 Å². The fraction of sp³-hybridized carbons (Fsp3) is 0.152. The van der Waals surface area contributed by atoms with E-state index in [1.165, 1.54) is 18.2 Å². The van der Waals surface area contributed by atoms with Crippen LogP contribution in [0.1, 0.15) is 22.3 Å². The number of anilines is 4. The second-order valence-electron chi connectivity index (χ2n) is 10.0. The first kappa shape index (κ1) is 29.2. The molecule has 43 heavy (non-hydrogen) atoms. The van der Waals surface area contributed by atoms with E-state index in [9.17, 15) is 14.0 Å². The van der Waals surface area contributed by atoms with E-state index in [4.69, 9.17) is 4.74 Å². The van der Waals surface area contributed by atoms with Gasteiger partial charge in [0.2, 0.25) is 11.9 Å². The molecule has 1 aliphatic heterocycles. The fourth-order valence-corrected chi connectivity index (χ4v) is 4.53. The molecule has 2 amide bonds. The van der Waals surface area contributed by atoms with Crippen molar-refractivity contribution < 1.29 is 18.7 Å². The molecule has 1 aliphatic rings. The summed E-state index contributed by atoms with van der Waals surface area (Å²) in [6.07, 6.45) is 7.55. The Labute approximate surface area is 249 Å². The van der Waals surface area contributed by atoms with Crippen molar-refractivity contribution in [2.75, 3.05) is 36.1 Å². The zero-order chi connectivity index (χ0) is 30.2. The van der Waals surface area contributed by atoms with Crippen molar-refractivity contribution in [1.82, 2.24) is 14.9 Å². The summed E-state index contributed by atoms with van der Waals surface area (Å²) in [6, 6.07) is 18.5. The Morgan fingerprint density at radius 1 is 1.02 bits per heavy atom. The number of hydrogen-bond donors (Lipinski definition) is 3. The summed E-state index contributed by atoms with van der Waals surface area (Å²) < 4.78 is 20.2. The van der Waals surface area contributed by atoms with E-state index >= 15 is 0 Å². The SMILES string of the molecule is C=CC(=O)Nc1ccc(C(=O)Nc2cc3cc(c2)Nc2nccc(n2)-c2cc(F)cc(c2)OCC/C=C/CN(C)C3)cc1. The number of benzene rings is 3. The predicted octanol–water partition coefficient (Wildman–Crippen LogP) is 6.17. The van der Waals surface area contributed by atoms with Gasteiger partial charge in [0.1, 0.15) is 11.6 Å². The first-order valence-electron chi connectivity index (χ1n) is 13.7. The van der Waals surface area contributed by atoms with Crippen molar-refractivity contribution in [3.05, 3.63) is 115 Å². The van der Waals surface area contributed by atoms with Gasteiger partial charge in [0.05, 0.1) is 12.3 Å². The average Bonchev–Trinajstić information content (AvgIpc) is 2.98. The van der Waals surface area contributed by atoms with Crippen LogP contribution >= 0.6 is 0 Å². The van der Waals surface area contributed by atoms with Crippen molar-refractivity contribution in [3.63, 3.8) is 0 Å². The van der Waals surface area contributed by atoms with Crippen molar-refractivity contribution in [3.8, 4) is 17.0 Å². The highest BCUT2D eigenvalue weighted by molar-refractivity contribution is 6.05. The number of rotatable bonds is 4. The molecule has 0 aliphatic carbocycles. The standard InChI is InChI=1S/C33H31FN6O3/c1-3-31(41)36-26-9-7-23(8-10-26)32(42)37-27-15-22-16-28(20-27)38-33-35-12-11-30(39-33)24-17-25(34)19-29(18-24)43-14-6-4-5-13-40(2)21-22/h3-5,7-12,15-20H,1,6,13-14,21H2,2H3,(H,36,41)(H,37,42)(H,35,38,39)/b5-4+. The average molecular weight is 579 g/mol. The minimum Gasteiger partial charge on any atom is -0.493 e. The van der Waals surface area contributed by atoms with Gasteiger partial charge in [-0.15, -0.1) is 0 Å². The Bertz CT molecular complexity index is 1670. The summed E-state index contributed by atoms with van der Waals surface area (Å²) in [4.78, 5) is 35.8. The van der Waals surface area contributed by atoms with Gasteiger partial charge in [-0.3, -0.25) is 14.5 Å². The van der Waals surface area contributed by atoms with E-state index in [-0.39, 0.29) is 11.8 Å². The van der Waals surface area contributed by atoms with Crippen LogP contribution in [0.15, 0.2) is 97.7 Å². The number of fused-ring (bicyclic) bond motifs is 7. The maximum atomic E-state index is 14.4. The zero-order valence-corrected chi connectivity index (χ0v) is 23.6. The van der Waals surface area contributed by atoms with Gasteiger partial charge >= 0.3 is 0 Å². The van der Waals surface area contributed by atoms with Crippen LogP contribution in [0.4, 0.5) is 27.4 Å². The Morgan fingerprint density at radius 2 is 1.86 bits per heavy atom. The fourth-order valence-electron chi connectivity index (χ4n) is 4.53. The van der Waals surface area contributed by atoms with E-state index in [0.717, 1.165) is 5.56 Å². The van der Waals surface area contributed by atoms with E-state index in [0.29, 0.717) is 71.7 Å². The molecular formula is C33H31FN6O3. The van der Waals surface area contributed by atoms with Gasteiger partial charge in [-0.2, -0.15) is 0 Å². The first-order chi connectivity index (χ1) is 20.8. The van der Waals surface area contributed by atoms with E-state index in [1.54, 1.807) is 48.7 Å². The minimum absolute atomic E-state index is 0.308. The normalized spacial score (nSPS) is 14.2. The molecule has 0 unspecified atom stereocenters. The predicted molar refractivity (Wildman–Crippen MR) is 166 cm³/mol. The topological polar surface area (TPSA) is 108 Å². The molecule has 2 heterocycles. The van der Waals surface area contributed by atoms with Gasteiger partial charge in [-0.25, -0.2) is 14.4 Å². The number of aromatic nitrogens is 2. The summed E-state index contributed by atoms with van der Waals surface area (Å²) in [5.41, 5.74) is 4.28. The van der Waals surface area contributed by atoms with Crippen LogP contribution in [-0.2, 0) is 11.3 Å². The lowest BCUT2D eigenvalue weighted by Crippen LogP contribution is -2.18. The molecule has 9 nitrogen and oxygen atoms in total. The van der Waals surface area contributed by atoms with Gasteiger partial charge in [0, 0.05) is 53.5 Å². The molecule has 10 heteroatoms. The third-order valence-electron chi connectivity index (χ3n) is 6.52. The second-order valence-corrected chi connectivity index (χ2v) is 10.0. The van der Waals surface area contributed by atoms with Crippen LogP contribution in [0.3, 0.4) is 0 Å². The molecule has 0 spiro atoms. The Kier molecular flexibility index (Phi) is 9.18. The van der Waals surface area contributed by atoms with Crippen LogP contribution in [0.25, 0.3) is 11.3 Å². The van der Waals surface area contributed by atoms with Gasteiger partial charge < -0.3 is 20.7 Å². The highest BCUT2D eigenvalue weighted by Crippen LogP contribution is 2.27. The zero-order valence-electron chi connectivity index (χ0n) is 23.6. The maximum absolute atomic E-state index is 14.4. The third-order valence-corrected chi connectivity index (χ3v) is 6.52. The van der Waals surface area contributed by atoms with Gasteiger partial charge in [-0.1, -0.05) is 18.7 Å². The smallest absolute Gasteiger partial charge is 0.255 e. The number of carbonyl (C=O) groups is 2. The number of carbonyl (C=O) groups excluding carboxylic acids is 2. The van der Waals surface area contributed by atoms with Gasteiger partial charge in [-0.05, 0) is 85.8 Å². The molecule has 5 rings (SSSR count). The first-order valence-corrected chi connectivity index (χ1v) is 13.7. The van der Waals surface area contributed by atoms with Crippen molar-refractivity contribution >= 4 is 34.8 Å². The molecule has 0 atom stereocenters. The van der Waals surface area contributed by atoms with Crippen molar-refractivity contribution in [1.29, 1.82) is 0 Å².